The Bertz CT molecular complexity index is 227. The molecule has 1 aromatic rings. The van der Waals surface area contributed by atoms with Crippen LogP contribution in [-0.4, -0.2) is 17.3 Å². The molecule has 1 saturated heterocycles. The van der Waals surface area contributed by atoms with Crippen LogP contribution in [0.15, 0.2) is 11.6 Å². The van der Waals surface area contributed by atoms with E-state index in [1.807, 2.05) is 23.3 Å². The molecule has 0 spiro atoms. The number of aromatic nitrogens is 1. The molecule has 1 unspecified atom stereocenters. The second-order valence-electron chi connectivity index (χ2n) is 2.65. The highest BCUT2D eigenvalue weighted by Gasteiger charge is 2.32. The maximum atomic E-state index is 4.31. The highest BCUT2D eigenvalue weighted by molar-refractivity contribution is 8.00. The number of rotatable bonds is 1. The third kappa shape index (κ3) is 1.30. The molecule has 2 heterocycles. The van der Waals surface area contributed by atoms with Gasteiger partial charge in [0.15, 0.2) is 0 Å². The van der Waals surface area contributed by atoms with Crippen LogP contribution in [0.4, 0.5) is 0 Å². The summed E-state index contributed by atoms with van der Waals surface area (Å²) >= 11 is 3.66. The van der Waals surface area contributed by atoms with Crippen LogP contribution in [-0.2, 0) is 4.87 Å². The molecular weight excluding hydrogens is 176 g/mol. The van der Waals surface area contributed by atoms with E-state index in [1.54, 1.807) is 11.3 Å². The summed E-state index contributed by atoms with van der Waals surface area (Å²) < 4.78 is 0. The molecule has 2 nitrogen and oxygen atoms in total. The zero-order valence-corrected chi connectivity index (χ0v) is 7.97. The van der Waals surface area contributed by atoms with E-state index in [0.29, 0.717) is 0 Å². The topological polar surface area (TPSA) is 24.9 Å². The van der Waals surface area contributed by atoms with Crippen LogP contribution in [0.3, 0.4) is 0 Å². The van der Waals surface area contributed by atoms with Crippen LogP contribution in [0.2, 0.25) is 0 Å². The number of hydrogen-bond acceptors (Lipinski definition) is 4. The summed E-state index contributed by atoms with van der Waals surface area (Å²) in [4.78, 5) is 4.40. The molecule has 11 heavy (non-hydrogen) atoms. The Morgan fingerprint density at radius 2 is 2.64 bits per heavy atom. The largest absolute Gasteiger partial charge is 0.296 e. The molecule has 1 aromatic heterocycles. The van der Waals surface area contributed by atoms with Gasteiger partial charge in [0.1, 0.15) is 9.88 Å². The first-order valence-corrected chi connectivity index (χ1v) is 5.47. The first-order valence-electron chi connectivity index (χ1n) is 3.60. The van der Waals surface area contributed by atoms with E-state index in [9.17, 15) is 0 Å². The zero-order valence-electron chi connectivity index (χ0n) is 6.33. The Kier molecular flexibility index (Phi) is 1.91. The van der Waals surface area contributed by atoms with E-state index >= 15 is 0 Å². The summed E-state index contributed by atoms with van der Waals surface area (Å²) in [5.41, 5.74) is 0. The lowest BCUT2D eigenvalue weighted by Gasteiger charge is -2.19. The van der Waals surface area contributed by atoms with Crippen molar-refractivity contribution in [2.24, 2.45) is 0 Å². The molecule has 0 aromatic carbocycles. The Balaban J connectivity index is 2.27. The van der Waals surface area contributed by atoms with Gasteiger partial charge in [-0.1, -0.05) is 0 Å². The van der Waals surface area contributed by atoms with Crippen LogP contribution in [0.1, 0.15) is 11.9 Å². The average molecular weight is 186 g/mol. The Morgan fingerprint density at radius 1 is 1.73 bits per heavy atom. The van der Waals surface area contributed by atoms with Gasteiger partial charge in [-0.25, -0.2) is 4.98 Å². The van der Waals surface area contributed by atoms with Crippen molar-refractivity contribution in [3.63, 3.8) is 0 Å². The molecule has 0 saturated carbocycles. The number of thiazole rings is 1. The summed E-state index contributed by atoms with van der Waals surface area (Å²) in [6, 6.07) is 0. The van der Waals surface area contributed by atoms with Crippen LogP contribution in [0.5, 0.6) is 0 Å². The minimum Gasteiger partial charge on any atom is -0.296 e. The van der Waals surface area contributed by atoms with Crippen LogP contribution in [0.25, 0.3) is 0 Å². The van der Waals surface area contributed by atoms with Crippen LogP contribution < -0.4 is 5.32 Å². The smallest absolute Gasteiger partial charge is 0.123 e. The van der Waals surface area contributed by atoms with Gasteiger partial charge in [-0.15, -0.1) is 23.1 Å². The lowest BCUT2D eigenvalue weighted by Crippen LogP contribution is -2.30. The minimum atomic E-state index is 0.0914. The van der Waals surface area contributed by atoms with Crippen molar-refractivity contribution in [3.05, 3.63) is 16.6 Å². The molecule has 2 rings (SSSR count). The fraction of sp³-hybridized carbons (Fsp3) is 0.571. The molecule has 1 fully saturated rings. The second-order valence-corrected chi connectivity index (χ2v) is 5.05. The zero-order chi connectivity index (χ0) is 7.73. The van der Waals surface area contributed by atoms with Crippen molar-refractivity contribution in [1.82, 2.24) is 10.3 Å². The molecule has 1 aliphatic rings. The number of hydrogen-bond donors (Lipinski definition) is 1. The number of thioether (sulfide) groups is 1. The van der Waals surface area contributed by atoms with Gasteiger partial charge in [0.05, 0.1) is 0 Å². The maximum absolute atomic E-state index is 4.31. The van der Waals surface area contributed by atoms with Gasteiger partial charge in [-0.2, -0.15) is 0 Å². The Hall–Kier alpha value is -0.0600. The van der Waals surface area contributed by atoms with Crippen LogP contribution in [0, 0.1) is 0 Å². The highest BCUT2D eigenvalue weighted by atomic mass is 32.2. The average Bonchev–Trinajstić information content (AvgIpc) is 2.55. The monoisotopic (exact) mass is 186 g/mol. The number of nitrogens with zero attached hydrogens (tertiary/aromatic N) is 1. The van der Waals surface area contributed by atoms with E-state index in [0.717, 1.165) is 6.54 Å². The normalized spacial score (nSPS) is 31.0. The SMILES string of the molecule is CC1(c2nccs2)NCCS1. The van der Waals surface area contributed by atoms with Crippen molar-refractivity contribution in [2.45, 2.75) is 11.8 Å². The Morgan fingerprint density at radius 3 is 3.18 bits per heavy atom. The molecule has 1 N–H and O–H groups in total. The lowest BCUT2D eigenvalue weighted by atomic mass is 10.3. The molecule has 4 heteroatoms. The molecule has 1 aliphatic heterocycles. The van der Waals surface area contributed by atoms with Crippen molar-refractivity contribution in [2.75, 3.05) is 12.3 Å². The summed E-state index contributed by atoms with van der Waals surface area (Å²) in [5, 5.41) is 6.67. The highest BCUT2D eigenvalue weighted by Crippen LogP contribution is 2.37. The van der Waals surface area contributed by atoms with Gasteiger partial charge in [0, 0.05) is 23.9 Å². The van der Waals surface area contributed by atoms with Gasteiger partial charge in [0.25, 0.3) is 0 Å². The van der Waals surface area contributed by atoms with Crippen molar-refractivity contribution in [1.29, 1.82) is 0 Å². The quantitative estimate of drug-likeness (QED) is 0.722. The van der Waals surface area contributed by atoms with Gasteiger partial charge in [-0.3, -0.25) is 5.32 Å². The summed E-state index contributed by atoms with van der Waals surface area (Å²) in [6.45, 7) is 3.30. The molecule has 0 aliphatic carbocycles. The summed E-state index contributed by atoms with van der Waals surface area (Å²) in [6.07, 6.45) is 1.87. The van der Waals surface area contributed by atoms with Gasteiger partial charge < -0.3 is 0 Å². The summed E-state index contributed by atoms with van der Waals surface area (Å²) in [5.74, 6) is 1.19. The number of nitrogens with one attached hydrogen (secondary N) is 1. The van der Waals surface area contributed by atoms with Crippen LogP contribution >= 0.6 is 23.1 Å². The van der Waals surface area contributed by atoms with E-state index in [2.05, 4.69) is 17.2 Å². The predicted molar refractivity (Wildman–Crippen MR) is 49.9 cm³/mol. The third-order valence-corrected chi connectivity index (χ3v) is 4.24. The van der Waals surface area contributed by atoms with Gasteiger partial charge in [-0.05, 0) is 6.92 Å². The van der Waals surface area contributed by atoms with E-state index in [-0.39, 0.29) is 4.87 Å². The standard InChI is InChI=1S/C7H10N2S2/c1-7(9-3-5-11-7)6-8-2-4-10-6/h2,4,9H,3,5H2,1H3. The fourth-order valence-electron chi connectivity index (χ4n) is 1.19. The Labute approximate surface area is 74.4 Å². The predicted octanol–water partition coefficient (Wildman–Crippen LogP) is 1.65. The molecule has 0 bridgehead atoms. The van der Waals surface area contributed by atoms with Gasteiger partial charge in [0.2, 0.25) is 0 Å². The molecule has 1 atom stereocenters. The fourth-order valence-corrected chi connectivity index (χ4v) is 3.18. The van der Waals surface area contributed by atoms with E-state index < -0.39 is 0 Å². The molecule has 0 radical (unpaired) electrons. The van der Waals surface area contributed by atoms with Crippen molar-refractivity contribution in [3.8, 4) is 0 Å². The van der Waals surface area contributed by atoms with Crippen molar-refractivity contribution >= 4 is 23.1 Å². The maximum Gasteiger partial charge on any atom is 0.123 e. The summed E-state index contributed by atoms with van der Waals surface area (Å²) in [7, 11) is 0. The second kappa shape index (κ2) is 2.77. The third-order valence-electron chi connectivity index (χ3n) is 1.80. The molecule has 60 valence electrons. The molecular formula is C7H10N2S2. The van der Waals surface area contributed by atoms with E-state index in [4.69, 9.17) is 0 Å². The van der Waals surface area contributed by atoms with Gasteiger partial charge >= 0.3 is 0 Å². The minimum absolute atomic E-state index is 0.0914. The van der Waals surface area contributed by atoms with E-state index in [1.165, 1.54) is 10.8 Å². The molecule has 0 amide bonds. The lowest BCUT2D eigenvalue weighted by molar-refractivity contribution is 0.571. The van der Waals surface area contributed by atoms with Crippen molar-refractivity contribution < 1.29 is 0 Å². The first kappa shape index (κ1) is 7.58. The first-order chi connectivity index (χ1) is 5.31.